The van der Waals surface area contributed by atoms with Gasteiger partial charge in [0.15, 0.2) is 0 Å². The molecule has 0 atom stereocenters. The van der Waals surface area contributed by atoms with Crippen LogP contribution in [0.25, 0.3) is 0 Å². The quantitative estimate of drug-likeness (QED) is 0.831. The molecule has 1 amide bonds. The Labute approximate surface area is 119 Å². The number of rotatable bonds is 3. The zero-order valence-electron chi connectivity index (χ0n) is 10.1. The van der Waals surface area contributed by atoms with Crippen LogP contribution in [0.3, 0.4) is 0 Å². The summed E-state index contributed by atoms with van der Waals surface area (Å²) in [5, 5.41) is 2.81. The van der Waals surface area contributed by atoms with Gasteiger partial charge in [0.1, 0.15) is 5.82 Å². The van der Waals surface area contributed by atoms with E-state index in [2.05, 4.69) is 42.2 Å². The van der Waals surface area contributed by atoms with E-state index in [-0.39, 0.29) is 9.64 Å². The average Bonchev–Trinajstić information content (AvgIpc) is 2.15. The van der Waals surface area contributed by atoms with Gasteiger partial charge in [-0.25, -0.2) is 4.98 Å². The smallest absolute Gasteiger partial charge is 0.230 e. The maximum Gasteiger partial charge on any atom is 0.230 e. The van der Waals surface area contributed by atoms with Crippen LogP contribution in [0.2, 0.25) is 0 Å². The maximum absolute atomic E-state index is 11.8. The first kappa shape index (κ1) is 14.6. The summed E-state index contributed by atoms with van der Waals surface area (Å²) < 4.78 is 0.191. The van der Waals surface area contributed by atoms with Crippen LogP contribution < -0.4 is 5.32 Å². The number of nitrogens with zero attached hydrogens (tertiary/aromatic N) is 1. The van der Waals surface area contributed by atoms with Crippen LogP contribution in [0.5, 0.6) is 0 Å². The molecule has 0 bridgehead atoms. The summed E-state index contributed by atoms with van der Waals surface area (Å²) >= 11 is 6.82. The summed E-state index contributed by atoms with van der Waals surface area (Å²) in [6.45, 7) is 5.62. The van der Waals surface area contributed by atoms with E-state index >= 15 is 0 Å². The number of carbonyl (C=O) groups excluding carboxylic acids is 1. The Morgan fingerprint density at radius 3 is 2.59 bits per heavy atom. The van der Waals surface area contributed by atoms with Gasteiger partial charge in [0.25, 0.3) is 0 Å². The Kier molecular flexibility index (Phi) is 5.13. The molecule has 1 heterocycles. The van der Waals surface area contributed by atoms with Gasteiger partial charge in [-0.1, -0.05) is 58.7 Å². The van der Waals surface area contributed by atoms with Crippen LogP contribution in [0.15, 0.2) is 18.2 Å². The van der Waals surface area contributed by atoms with Crippen molar-refractivity contribution in [2.24, 2.45) is 5.41 Å². The predicted molar refractivity (Wildman–Crippen MR) is 77.7 cm³/mol. The molecule has 0 saturated carbocycles. The van der Waals surface area contributed by atoms with E-state index in [9.17, 15) is 4.79 Å². The first-order chi connectivity index (χ1) is 7.79. The van der Waals surface area contributed by atoms with Crippen LogP contribution in [-0.4, -0.2) is 14.6 Å². The second-order valence-electron chi connectivity index (χ2n) is 4.81. The second kappa shape index (κ2) is 5.96. The minimum Gasteiger partial charge on any atom is -0.310 e. The van der Waals surface area contributed by atoms with E-state index in [0.717, 1.165) is 12.1 Å². The van der Waals surface area contributed by atoms with E-state index in [0.29, 0.717) is 5.82 Å². The Balaban J connectivity index is 2.76. The highest BCUT2D eigenvalue weighted by atomic mass is 79.9. The lowest BCUT2D eigenvalue weighted by Gasteiger charge is -2.17. The molecule has 0 fully saturated rings. The molecule has 0 unspecified atom stereocenters. The highest BCUT2D eigenvalue weighted by Crippen LogP contribution is 2.18. The lowest BCUT2D eigenvalue weighted by atomic mass is 9.96. The molecule has 0 radical (unpaired) electrons. The molecule has 3 nitrogen and oxygen atoms in total. The van der Waals surface area contributed by atoms with Crippen molar-refractivity contribution in [3.63, 3.8) is 0 Å². The number of aromatic nitrogens is 1. The molecule has 0 aliphatic carbocycles. The summed E-state index contributed by atoms with van der Waals surface area (Å²) in [7, 11) is 0. The molecule has 17 heavy (non-hydrogen) atoms. The van der Waals surface area contributed by atoms with Gasteiger partial charge in [0.05, 0.1) is 3.74 Å². The third-order valence-electron chi connectivity index (χ3n) is 2.09. The molecule has 1 aromatic heterocycles. The summed E-state index contributed by atoms with van der Waals surface area (Å²) in [5.41, 5.74) is 0.515. The zero-order valence-corrected chi connectivity index (χ0v) is 13.3. The topological polar surface area (TPSA) is 42.0 Å². The number of amides is 1. The molecule has 1 aromatic rings. The van der Waals surface area contributed by atoms with E-state index in [1.54, 1.807) is 6.07 Å². The summed E-state index contributed by atoms with van der Waals surface area (Å²) in [5.74, 6) is 0.569. The van der Waals surface area contributed by atoms with Crippen molar-refractivity contribution in [2.45, 2.75) is 30.9 Å². The Morgan fingerprint density at radius 2 is 2.06 bits per heavy atom. The van der Waals surface area contributed by atoms with E-state index in [4.69, 9.17) is 0 Å². The SMILES string of the molecule is CC(C)(C)C(=O)Nc1cccc(CC(Br)Br)n1. The first-order valence-corrected chi connectivity index (χ1v) is 7.17. The minimum atomic E-state index is -0.412. The van der Waals surface area contributed by atoms with Crippen molar-refractivity contribution in [3.8, 4) is 0 Å². The lowest BCUT2D eigenvalue weighted by molar-refractivity contribution is -0.123. The van der Waals surface area contributed by atoms with Gasteiger partial charge >= 0.3 is 0 Å². The van der Waals surface area contributed by atoms with Crippen molar-refractivity contribution >= 4 is 43.6 Å². The Bertz CT molecular complexity index is 400. The zero-order chi connectivity index (χ0) is 13.1. The molecule has 0 aliphatic heterocycles. The van der Waals surface area contributed by atoms with Gasteiger partial charge in [-0.15, -0.1) is 0 Å². The third-order valence-corrected chi connectivity index (χ3v) is 2.74. The van der Waals surface area contributed by atoms with E-state index < -0.39 is 5.41 Å². The fourth-order valence-electron chi connectivity index (χ4n) is 1.12. The monoisotopic (exact) mass is 362 g/mol. The molecule has 1 rings (SSSR count). The first-order valence-electron chi connectivity index (χ1n) is 5.34. The highest BCUT2D eigenvalue weighted by Gasteiger charge is 2.21. The molecule has 0 aromatic carbocycles. The molecule has 5 heteroatoms. The summed E-state index contributed by atoms with van der Waals surface area (Å²) in [6, 6.07) is 5.62. The normalized spacial score (nSPS) is 11.6. The Hall–Kier alpha value is -0.420. The Morgan fingerprint density at radius 1 is 1.41 bits per heavy atom. The van der Waals surface area contributed by atoms with E-state index in [1.807, 2.05) is 32.9 Å². The largest absolute Gasteiger partial charge is 0.310 e. The number of carbonyl (C=O) groups is 1. The number of nitrogens with one attached hydrogen (secondary N) is 1. The molecular weight excluding hydrogens is 348 g/mol. The van der Waals surface area contributed by atoms with Gasteiger partial charge in [-0.2, -0.15) is 0 Å². The fraction of sp³-hybridized carbons (Fsp3) is 0.500. The maximum atomic E-state index is 11.8. The molecular formula is C12H16Br2N2O. The average molecular weight is 364 g/mol. The molecule has 0 aliphatic rings. The van der Waals surface area contributed by atoms with Crippen LogP contribution in [0.4, 0.5) is 5.82 Å². The molecule has 94 valence electrons. The van der Waals surface area contributed by atoms with Gasteiger partial charge in [0.2, 0.25) is 5.91 Å². The van der Waals surface area contributed by atoms with Crippen LogP contribution in [-0.2, 0) is 11.2 Å². The summed E-state index contributed by atoms with van der Waals surface area (Å²) in [4.78, 5) is 16.2. The van der Waals surface area contributed by atoms with Crippen LogP contribution >= 0.6 is 31.9 Å². The van der Waals surface area contributed by atoms with Crippen molar-refractivity contribution in [2.75, 3.05) is 5.32 Å². The predicted octanol–water partition coefficient (Wildman–Crippen LogP) is 3.72. The number of anilines is 1. The van der Waals surface area contributed by atoms with Gasteiger partial charge < -0.3 is 5.32 Å². The van der Waals surface area contributed by atoms with Gasteiger partial charge in [-0.3, -0.25) is 4.79 Å². The van der Waals surface area contributed by atoms with Crippen molar-refractivity contribution in [3.05, 3.63) is 23.9 Å². The molecule has 0 saturated heterocycles. The van der Waals surface area contributed by atoms with Crippen LogP contribution in [0, 0.1) is 5.41 Å². The third kappa shape index (κ3) is 5.17. The summed E-state index contributed by atoms with van der Waals surface area (Å²) in [6.07, 6.45) is 0.763. The van der Waals surface area contributed by atoms with Crippen molar-refractivity contribution in [1.29, 1.82) is 0 Å². The van der Waals surface area contributed by atoms with Crippen molar-refractivity contribution in [1.82, 2.24) is 4.98 Å². The van der Waals surface area contributed by atoms with Crippen molar-refractivity contribution < 1.29 is 4.79 Å². The highest BCUT2D eigenvalue weighted by molar-refractivity contribution is 9.24. The number of alkyl halides is 2. The number of halogens is 2. The standard InChI is InChI=1S/C12H16Br2N2O/c1-12(2,3)11(17)16-10-6-4-5-8(15-10)7-9(13)14/h4-6,9H,7H2,1-3H3,(H,15,16,17). The molecule has 0 spiro atoms. The number of pyridine rings is 1. The number of hydrogen-bond acceptors (Lipinski definition) is 2. The van der Waals surface area contributed by atoms with E-state index in [1.165, 1.54) is 0 Å². The van der Waals surface area contributed by atoms with Crippen LogP contribution in [0.1, 0.15) is 26.5 Å². The van der Waals surface area contributed by atoms with Gasteiger partial charge in [0, 0.05) is 17.5 Å². The van der Waals surface area contributed by atoms with Gasteiger partial charge in [-0.05, 0) is 12.1 Å². The number of hydrogen-bond donors (Lipinski definition) is 1. The fourth-order valence-corrected chi connectivity index (χ4v) is 1.79. The second-order valence-corrected chi connectivity index (χ2v) is 8.25. The minimum absolute atomic E-state index is 0.0311. The lowest BCUT2D eigenvalue weighted by Crippen LogP contribution is -2.28. The molecule has 1 N–H and O–H groups in total.